The summed E-state index contributed by atoms with van der Waals surface area (Å²) in [6.07, 6.45) is 0. The normalized spacial score (nSPS) is 1.71. The van der Waals surface area contributed by atoms with Gasteiger partial charge in [-0.05, 0) is 0 Å². The van der Waals surface area contributed by atoms with E-state index in [-0.39, 0.29) is 66.6 Å². The molecule has 0 fully saturated rings. The van der Waals surface area contributed by atoms with E-state index >= 15 is 0 Å². The molecule has 0 aliphatic rings. The van der Waals surface area contributed by atoms with E-state index in [9.17, 15) is 0 Å². The maximum Gasteiger partial charge on any atom is 2.00 e. The van der Waals surface area contributed by atoms with Crippen LogP contribution >= 0.6 is 0 Å². The Morgan fingerprint density at radius 1 is 0.571 bits per heavy atom. The summed E-state index contributed by atoms with van der Waals surface area (Å²) in [7, 11) is 0. The minimum Gasteiger partial charge on any atom is -0.412 e. The smallest absolute Gasteiger partial charge is 0.412 e. The van der Waals surface area contributed by atoms with Crippen molar-refractivity contribution in [3.8, 4) is 0 Å². The van der Waals surface area contributed by atoms with Gasteiger partial charge in [-0.25, -0.2) is 0 Å². The molecule has 0 spiro atoms. The second kappa shape index (κ2) is 284. The summed E-state index contributed by atoms with van der Waals surface area (Å²) in [5, 5.41) is 14.8. The summed E-state index contributed by atoms with van der Waals surface area (Å²) in [6, 6.07) is 0. The Morgan fingerprint density at radius 2 is 0.571 bits per heavy atom. The van der Waals surface area contributed by atoms with Gasteiger partial charge in [-0.2, -0.15) is 0 Å². The van der Waals surface area contributed by atoms with Gasteiger partial charge in [-0.3, -0.25) is 0 Å². The molecule has 0 heterocycles. The third-order valence-electron chi connectivity index (χ3n) is 0. The maximum absolute atomic E-state index is 8.25. The van der Waals surface area contributed by atoms with Crippen LogP contribution in [-0.2, 0) is 17.4 Å². The molecule has 0 atom stereocenters. The average Bonchev–Trinajstić information content (AvgIpc) is 0.811. The number of rotatable bonds is 0. The van der Waals surface area contributed by atoms with E-state index in [1.165, 1.54) is 0 Å². The van der Waals surface area contributed by atoms with Crippen molar-refractivity contribution < 1.29 is 71.7 Å². The van der Waals surface area contributed by atoms with Crippen molar-refractivity contribution >= 4 is 0 Å². The molecule has 14 heteroatoms. The summed E-state index contributed by atoms with van der Waals surface area (Å²) in [5.41, 5.74) is 0. The summed E-state index contributed by atoms with van der Waals surface area (Å²) in [4.78, 5) is 8.25. The molecule has 0 unspecified atom stereocenters. The first-order chi connectivity index (χ1) is 1.73. The summed E-state index contributed by atoms with van der Waals surface area (Å²) >= 11 is 0. The van der Waals surface area contributed by atoms with E-state index in [1.807, 2.05) is 0 Å². The van der Waals surface area contributed by atoms with Crippen LogP contribution in [0.2, 0.25) is 0 Å². The van der Waals surface area contributed by atoms with Crippen LogP contribution in [0.3, 0.4) is 0 Å². The molecule has 18 N–H and O–H groups in total. The van der Waals surface area contributed by atoms with Crippen LogP contribution in [0.15, 0.2) is 0 Å². The Balaban J connectivity index is -0.000000001000. The predicted molar refractivity (Wildman–Crippen MR) is 42.9 cm³/mol. The first-order valence-electron chi connectivity index (χ1n) is 0.548. The number of hydrogen-bond acceptors (Lipinski definition) is 3. The average molecular weight is 276 g/mol. The van der Waals surface area contributed by atoms with Gasteiger partial charge in [0.25, 0.3) is 0 Å². The predicted octanol–water partition coefficient (Wildman–Crippen LogP) is -7.66. The van der Waals surface area contributed by atoms with Gasteiger partial charge >= 0.3 is 17.4 Å². The van der Waals surface area contributed by atoms with Crippen LogP contribution in [0, 0.1) is 15.3 Å². The molecule has 0 bridgehead atoms. The Morgan fingerprint density at radius 3 is 0.571 bits per heavy atom. The largest absolute Gasteiger partial charge is 2.00 e. The molecule has 14 heavy (non-hydrogen) atoms. The van der Waals surface area contributed by atoms with Crippen molar-refractivity contribution in [2.24, 2.45) is 0 Å². The van der Waals surface area contributed by atoms with Crippen LogP contribution in [0.5, 0.6) is 0 Å². The zero-order valence-electron chi connectivity index (χ0n) is 6.58. The van der Waals surface area contributed by atoms with Gasteiger partial charge in [-0.15, -0.1) is 0 Å². The molecular formula is H18CrNO12+. The maximum atomic E-state index is 8.25. The fraction of sp³-hybridized carbons (Fsp3) is 0. The molecule has 0 saturated heterocycles. The van der Waals surface area contributed by atoms with E-state index in [2.05, 4.69) is 0 Å². The van der Waals surface area contributed by atoms with Gasteiger partial charge < -0.3 is 64.6 Å². The van der Waals surface area contributed by atoms with Crippen molar-refractivity contribution in [3.05, 3.63) is 15.3 Å². The van der Waals surface area contributed by atoms with E-state index in [4.69, 9.17) is 15.3 Å². The number of nitrogens with zero attached hydrogens (tertiary/aromatic N) is 1. The molecule has 0 aliphatic heterocycles. The molecule has 100 valence electrons. The fourth-order valence-electron chi connectivity index (χ4n) is 0. The first-order valence-corrected chi connectivity index (χ1v) is 0.548. The Labute approximate surface area is 88.0 Å². The van der Waals surface area contributed by atoms with Gasteiger partial charge in [0.15, 0.2) is 0 Å². The van der Waals surface area contributed by atoms with Gasteiger partial charge in [0.05, 0.1) is 5.09 Å². The molecule has 0 radical (unpaired) electrons. The summed E-state index contributed by atoms with van der Waals surface area (Å²) in [6.45, 7) is 0. The van der Waals surface area contributed by atoms with Gasteiger partial charge in [0, 0.05) is 0 Å². The third kappa shape index (κ3) is 3110. The van der Waals surface area contributed by atoms with Crippen LogP contribution in [-0.4, -0.2) is 54.4 Å². The van der Waals surface area contributed by atoms with E-state index in [1.54, 1.807) is 0 Å². The van der Waals surface area contributed by atoms with Gasteiger partial charge in [0.2, 0.25) is 0 Å². The molecule has 0 saturated carbocycles. The first kappa shape index (κ1) is 364. The Hall–Kier alpha value is -0.628. The topological polar surface area (TPSA) is 350 Å². The third-order valence-corrected chi connectivity index (χ3v) is 0. The van der Waals surface area contributed by atoms with Crippen molar-refractivity contribution in [2.75, 3.05) is 0 Å². The summed E-state index contributed by atoms with van der Waals surface area (Å²) in [5.74, 6) is 0. The minimum atomic E-state index is -1.75. The van der Waals surface area contributed by atoms with E-state index < -0.39 is 5.09 Å². The monoisotopic (exact) mass is 276 g/mol. The quantitative estimate of drug-likeness (QED) is 0.307. The standard InChI is InChI=1S/Cr.NO3.9H2O/c;2-1(3)4;;;;;;;;;/h;;9*1H2/q+2;-1;;;;;;;;;. The second-order valence-electron chi connectivity index (χ2n) is 0.224. The van der Waals surface area contributed by atoms with Crippen molar-refractivity contribution in [2.45, 2.75) is 0 Å². The van der Waals surface area contributed by atoms with E-state index in [0.29, 0.717) is 0 Å². The van der Waals surface area contributed by atoms with Crippen molar-refractivity contribution in [1.82, 2.24) is 0 Å². The van der Waals surface area contributed by atoms with Crippen molar-refractivity contribution in [3.63, 3.8) is 0 Å². The zero-order chi connectivity index (χ0) is 3.58. The summed E-state index contributed by atoms with van der Waals surface area (Å²) < 4.78 is 0. The zero-order valence-corrected chi connectivity index (χ0v) is 7.86. The van der Waals surface area contributed by atoms with Crippen LogP contribution < -0.4 is 0 Å². The van der Waals surface area contributed by atoms with Crippen LogP contribution in [0.4, 0.5) is 0 Å². The molecule has 0 rings (SSSR count). The van der Waals surface area contributed by atoms with E-state index in [0.717, 1.165) is 0 Å². The number of hydrogen-bond donors (Lipinski definition) is 0. The van der Waals surface area contributed by atoms with Gasteiger partial charge in [-0.1, -0.05) is 0 Å². The fourth-order valence-corrected chi connectivity index (χ4v) is 0. The Bertz CT molecular complexity index is 33.3. The SMILES string of the molecule is O.O.O.O.O.O.O.O.O.O=[N+]([O-])[O-].[Cr+2]. The van der Waals surface area contributed by atoms with Crippen LogP contribution in [0.25, 0.3) is 0 Å². The Kier molecular flexibility index (Phi) is 7390. The minimum absolute atomic E-state index is 0. The molecule has 0 amide bonds. The van der Waals surface area contributed by atoms with Crippen LogP contribution in [0.1, 0.15) is 0 Å². The molecule has 0 aromatic heterocycles. The molecule has 0 aliphatic carbocycles. The van der Waals surface area contributed by atoms with Gasteiger partial charge in [0.1, 0.15) is 0 Å². The van der Waals surface area contributed by atoms with Crippen molar-refractivity contribution in [1.29, 1.82) is 0 Å². The second-order valence-corrected chi connectivity index (χ2v) is 0.224. The molecule has 0 aromatic rings. The molecule has 13 nitrogen and oxygen atoms in total. The molecule has 0 aromatic carbocycles. The molecular weight excluding hydrogens is 258 g/mol.